The fourth-order valence-electron chi connectivity index (χ4n) is 1.47. The van der Waals surface area contributed by atoms with Gasteiger partial charge in [-0.3, -0.25) is 0 Å². The van der Waals surface area contributed by atoms with Gasteiger partial charge in [-0.15, -0.1) is 0 Å². The minimum absolute atomic E-state index is 0.0829. The van der Waals surface area contributed by atoms with Crippen molar-refractivity contribution in [3.05, 3.63) is 34.6 Å². The summed E-state index contributed by atoms with van der Waals surface area (Å²) in [6.45, 7) is 3.82. The second-order valence-corrected chi connectivity index (χ2v) is 6.97. The van der Waals surface area contributed by atoms with Crippen molar-refractivity contribution < 1.29 is 12.8 Å². The zero-order valence-corrected chi connectivity index (χ0v) is 12.0. The fourth-order valence-corrected chi connectivity index (χ4v) is 2.31. The molecule has 0 saturated carbocycles. The van der Waals surface area contributed by atoms with Gasteiger partial charge in [-0.05, 0) is 24.6 Å². The number of nitrogens with one attached hydrogen (secondary N) is 1. The molecule has 1 unspecified atom stereocenters. The highest BCUT2D eigenvalue weighted by Gasteiger charge is 2.10. The van der Waals surface area contributed by atoms with Gasteiger partial charge in [-0.1, -0.05) is 24.6 Å². The summed E-state index contributed by atoms with van der Waals surface area (Å²) in [5, 5.41) is 3.13. The van der Waals surface area contributed by atoms with Crippen LogP contribution in [0.25, 0.3) is 0 Å². The Bertz CT molecular complexity index is 505. The molecule has 0 saturated heterocycles. The zero-order chi connectivity index (χ0) is 13.8. The summed E-state index contributed by atoms with van der Waals surface area (Å²) in [7, 11) is -2.97. The number of sulfone groups is 1. The number of rotatable bonds is 6. The average molecular weight is 294 g/mol. The second kappa shape index (κ2) is 6.50. The van der Waals surface area contributed by atoms with E-state index in [2.05, 4.69) is 5.32 Å². The van der Waals surface area contributed by atoms with Crippen LogP contribution in [-0.4, -0.2) is 26.5 Å². The number of benzene rings is 1. The monoisotopic (exact) mass is 293 g/mol. The molecule has 0 heterocycles. The fraction of sp³-hybridized carbons (Fsp3) is 0.500. The second-order valence-electron chi connectivity index (χ2n) is 4.09. The number of hydrogen-bond donors (Lipinski definition) is 1. The molecule has 0 spiro atoms. The van der Waals surface area contributed by atoms with Crippen molar-refractivity contribution in [3.8, 4) is 0 Å². The molecule has 3 nitrogen and oxygen atoms in total. The summed E-state index contributed by atoms with van der Waals surface area (Å²) >= 11 is 5.59. The van der Waals surface area contributed by atoms with E-state index in [-0.39, 0.29) is 22.6 Å². The van der Waals surface area contributed by atoms with E-state index in [1.54, 1.807) is 13.0 Å². The molecule has 0 radical (unpaired) electrons. The average Bonchev–Trinajstić information content (AvgIpc) is 2.32. The van der Waals surface area contributed by atoms with E-state index in [0.717, 1.165) is 5.56 Å². The maximum absolute atomic E-state index is 13.2. The summed E-state index contributed by atoms with van der Waals surface area (Å²) in [4.78, 5) is 0. The van der Waals surface area contributed by atoms with Crippen LogP contribution in [0.1, 0.15) is 25.5 Å². The maximum Gasteiger partial charge on any atom is 0.151 e. The van der Waals surface area contributed by atoms with Gasteiger partial charge in [0.1, 0.15) is 5.82 Å². The molecule has 1 rings (SSSR count). The van der Waals surface area contributed by atoms with Gasteiger partial charge in [-0.2, -0.15) is 0 Å². The van der Waals surface area contributed by atoms with Crippen LogP contribution >= 0.6 is 11.6 Å². The van der Waals surface area contributed by atoms with Crippen LogP contribution in [0.2, 0.25) is 5.02 Å². The van der Waals surface area contributed by atoms with Gasteiger partial charge in [0.25, 0.3) is 0 Å². The van der Waals surface area contributed by atoms with Gasteiger partial charge in [-0.25, -0.2) is 12.8 Å². The van der Waals surface area contributed by atoms with Crippen molar-refractivity contribution >= 4 is 21.4 Å². The van der Waals surface area contributed by atoms with E-state index < -0.39 is 15.7 Å². The highest BCUT2D eigenvalue weighted by molar-refractivity contribution is 7.91. The Balaban J connectivity index is 2.55. The SMILES string of the molecule is CCS(=O)(=O)CCNC(C)c1ccc(Cl)c(F)c1. The van der Waals surface area contributed by atoms with Crippen molar-refractivity contribution in [2.24, 2.45) is 0 Å². The zero-order valence-electron chi connectivity index (χ0n) is 10.4. The summed E-state index contributed by atoms with van der Waals surface area (Å²) < 4.78 is 35.8. The predicted molar refractivity (Wildman–Crippen MR) is 72.2 cm³/mol. The first-order valence-electron chi connectivity index (χ1n) is 5.74. The van der Waals surface area contributed by atoms with Crippen LogP contribution < -0.4 is 5.32 Å². The molecule has 18 heavy (non-hydrogen) atoms. The molecule has 1 N–H and O–H groups in total. The van der Waals surface area contributed by atoms with Gasteiger partial charge in [0.05, 0.1) is 10.8 Å². The summed E-state index contributed by atoms with van der Waals surface area (Å²) in [6.07, 6.45) is 0. The third-order valence-corrected chi connectivity index (χ3v) is 4.76. The van der Waals surface area contributed by atoms with Gasteiger partial charge in [0, 0.05) is 18.3 Å². The predicted octanol–water partition coefficient (Wildman–Crippen LogP) is 2.56. The van der Waals surface area contributed by atoms with Crippen molar-refractivity contribution in [3.63, 3.8) is 0 Å². The minimum Gasteiger partial charge on any atom is -0.309 e. The van der Waals surface area contributed by atoms with Crippen LogP contribution in [0.3, 0.4) is 0 Å². The highest BCUT2D eigenvalue weighted by Crippen LogP contribution is 2.19. The topological polar surface area (TPSA) is 46.2 Å². The standard InChI is InChI=1S/C12H17ClFNO2S/c1-3-18(16,17)7-6-15-9(2)10-4-5-11(13)12(14)8-10/h4-5,8-9,15H,3,6-7H2,1-2H3. The molecule has 0 aliphatic carbocycles. The molecule has 6 heteroatoms. The first-order chi connectivity index (χ1) is 8.35. The normalized spacial score (nSPS) is 13.6. The van der Waals surface area contributed by atoms with Gasteiger partial charge < -0.3 is 5.32 Å². The molecule has 0 bridgehead atoms. The molecule has 1 aromatic rings. The highest BCUT2D eigenvalue weighted by atomic mass is 35.5. The smallest absolute Gasteiger partial charge is 0.151 e. The maximum atomic E-state index is 13.2. The lowest BCUT2D eigenvalue weighted by atomic mass is 10.1. The Morgan fingerprint density at radius 2 is 2.11 bits per heavy atom. The minimum atomic E-state index is -2.97. The summed E-state index contributed by atoms with van der Waals surface area (Å²) in [5.74, 6) is -0.244. The molecule has 0 amide bonds. The Kier molecular flexibility index (Phi) is 5.56. The van der Waals surface area contributed by atoms with Gasteiger partial charge in [0.15, 0.2) is 9.84 Å². The lowest BCUT2D eigenvalue weighted by molar-refractivity contribution is 0.567. The molecule has 0 fully saturated rings. The lowest BCUT2D eigenvalue weighted by Gasteiger charge is -2.14. The molecule has 0 aromatic heterocycles. The number of halogens is 2. The first kappa shape index (κ1) is 15.4. The van der Waals surface area contributed by atoms with Crippen molar-refractivity contribution in [2.45, 2.75) is 19.9 Å². The molecule has 1 atom stereocenters. The van der Waals surface area contributed by atoms with Crippen LogP contribution in [0.5, 0.6) is 0 Å². The lowest BCUT2D eigenvalue weighted by Crippen LogP contribution is -2.26. The summed E-state index contributed by atoms with van der Waals surface area (Å²) in [6, 6.07) is 4.45. The van der Waals surface area contributed by atoms with Gasteiger partial charge >= 0.3 is 0 Å². The third-order valence-electron chi connectivity index (χ3n) is 2.75. The van der Waals surface area contributed by atoms with E-state index in [4.69, 9.17) is 11.6 Å². The van der Waals surface area contributed by atoms with Crippen LogP contribution in [0.4, 0.5) is 4.39 Å². The Hall–Kier alpha value is -0.650. The molecular formula is C12H17ClFNO2S. The van der Waals surface area contributed by atoms with E-state index in [1.165, 1.54) is 12.1 Å². The molecule has 0 aliphatic rings. The van der Waals surface area contributed by atoms with E-state index in [1.807, 2.05) is 6.92 Å². The summed E-state index contributed by atoms with van der Waals surface area (Å²) in [5.41, 5.74) is 0.741. The quantitative estimate of drug-likeness (QED) is 0.877. The first-order valence-corrected chi connectivity index (χ1v) is 7.94. The van der Waals surface area contributed by atoms with Crippen molar-refractivity contribution in [2.75, 3.05) is 18.1 Å². The van der Waals surface area contributed by atoms with Crippen molar-refractivity contribution in [1.29, 1.82) is 0 Å². The Labute approximate surface area is 112 Å². The van der Waals surface area contributed by atoms with Crippen LogP contribution in [0, 0.1) is 5.82 Å². The van der Waals surface area contributed by atoms with Crippen LogP contribution in [0.15, 0.2) is 18.2 Å². The largest absolute Gasteiger partial charge is 0.309 e. The number of hydrogen-bond acceptors (Lipinski definition) is 3. The van der Waals surface area contributed by atoms with Gasteiger partial charge in [0.2, 0.25) is 0 Å². The van der Waals surface area contributed by atoms with E-state index >= 15 is 0 Å². The third kappa shape index (κ3) is 4.55. The Morgan fingerprint density at radius 1 is 1.44 bits per heavy atom. The Morgan fingerprint density at radius 3 is 2.67 bits per heavy atom. The molecule has 0 aliphatic heterocycles. The van der Waals surface area contributed by atoms with Crippen LogP contribution in [-0.2, 0) is 9.84 Å². The van der Waals surface area contributed by atoms with E-state index in [9.17, 15) is 12.8 Å². The molecular weight excluding hydrogens is 277 g/mol. The van der Waals surface area contributed by atoms with Crippen molar-refractivity contribution in [1.82, 2.24) is 5.32 Å². The molecule has 1 aromatic carbocycles. The van der Waals surface area contributed by atoms with E-state index in [0.29, 0.717) is 6.54 Å². The molecule has 102 valence electrons.